The highest BCUT2D eigenvalue weighted by Crippen LogP contribution is 2.22. The molecule has 1 N–H and O–H groups in total. The number of halogens is 3. The first kappa shape index (κ1) is 18.7. The maximum atomic E-state index is 13.1. The minimum absolute atomic E-state index is 0.0686. The number of benzene rings is 2. The predicted octanol–water partition coefficient (Wildman–Crippen LogP) is 3.81. The molecule has 5 nitrogen and oxygen atoms in total. The lowest BCUT2D eigenvalue weighted by molar-refractivity contribution is -0.120. The number of hydrogen-bond donors (Lipinski definition) is 1. The van der Waals surface area contributed by atoms with Crippen molar-refractivity contribution >= 4 is 23.7 Å². The topological polar surface area (TPSA) is 59.3 Å². The van der Waals surface area contributed by atoms with E-state index >= 15 is 0 Å². The first-order valence-electron chi connectivity index (χ1n) is 8.01. The lowest BCUT2D eigenvalue weighted by Gasteiger charge is -2.02. The summed E-state index contributed by atoms with van der Waals surface area (Å²) in [7, 11) is 0. The van der Waals surface area contributed by atoms with Crippen LogP contribution in [0.2, 0.25) is 5.15 Å². The summed E-state index contributed by atoms with van der Waals surface area (Å²) in [4.78, 5) is 11.9. The van der Waals surface area contributed by atoms with Gasteiger partial charge in [-0.15, -0.1) is 0 Å². The summed E-state index contributed by atoms with van der Waals surface area (Å²) in [6.45, 7) is 1.74. The monoisotopic (exact) mass is 388 g/mol. The van der Waals surface area contributed by atoms with Crippen LogP contribution in [-0.2, 0) is 11.2 Å². The summed E-state index contributed by atoms with van der Waals surface area (Å²) in [6, 6.07) is 11.4. The number of carbonyl (C=O) groups excluding carboxylic acids is 1. The molecule has 138 valence electrons. The normalized spacial score (nSPS) is 11.1. The van der Waals surface area contributed by atoms with Gasteiger partial charge in [0.15, 0.2) is 0 Å². The lowest BCUT2D eigenvalue weighted by atomic mass is 10.1. The average molecular weight is 389 g/mol. The van der Waals surface area contributed by atoms with E-state index in [9.17, 15) is 13.6 Å². The number of carbonyl (C=O) groups is 1. The Morgan fingerprint density at radius 3 is 2.37 bits per heavy atom. The van der Waals surface area contributed by atoms with Crippen LogP contribution < -0.4 is 5.43 Å². The molecule has 0 spiro atoms. The van der Waals surface area contributed by atoms with Gasteiger partial charge in [0.25, 0.3) is 0 Å². The summed E-state index contributed by atoms with van der Waals surface area (Å²) >= 11 is 6.33. The Morgan fingerprint density at radius 1 is 1.15 bits per heavy atom. The molecule has 0 fully saturated rings. The van der Waals surface area contributed by atoms with Crippen molar-refractivity contribution in [3.8, 4) is 5.69 Å². The quantitative estimate of drug-likeness (QED) is 0.533. The Morgan fingerprint density at radius 2 is 1.74 bits per heavy atom. The number of aromatic nitrogens is 2. The molecule has 3 aromatic rings. The number of nitrogens with zero attached hydrogens (tertiary/aromatic N) is 3. The van der Waals surface area contributed by atoms with E-state index < -0.39 is 0 Å². The van der Waals surface area contributed by atoms with Crippen LogP contribution in [0.5, 0.6) is 0 Å². The Kier molecular flexibility index (Phi) is 5.61. The van der Waals surface area contributed by atoms with Gasteiger partial charge in [0, 0.05) is 0 Å². The van der Waals surface area contributed by atoms with Crippen LogP contribution in [-0.4, -0.2) is 21.9 Å². The van der Waals surface area contributed by atoms with Crippen LogP contribution in [0.25, 0.3) is 5.69 Å². The second kappa shape index (κ2) is 8.09. The fourth-order valence-corrected chi connectivity index (χ4v) is 2.73. The fraction of sp³-hybridized carbons (Fsp3) is 0.105. The van der Waals surface area contributed by atoms with Crippen molar-refractivity contribution in [3.05, 3.63) is 82.1 Å². The van der Waals surface area contributed by atoms with E-state index in [1.54, 1.807) is 19.1 Å². The zero-order valence-corrected chi connectivity index (χ0v) is 15.0. The number of amides is 1. The van der Waals surface area contributed by atoms with Crippen molar-refractivity contribution in [2.45, 2.75) is 13.3 Å². The minimum Gasteiger partial charge on any atom is -0.273 e. The second-order valence-corrected chi connectivity index (χ2v) is 6.13. The van der Waals surface area contributed by atoms with Gasteiger partial charge in [0.05, 0.1) is 29.6 Å². The Labute approximate surface area is 159 Å². The smallest absolute Gasteiger partial charge is 0.244 e. The minimum atomic E-state index is -0.361. The van der Waals surface area contributed by atoms with Crippen molar-refractivity contribution in [1.82, 2.24) is 15.2 Å². The number of hydrogen-bond acceptors (Lipinski definition) is 3. The number of aryl methyl sites for hydroxylation is 1. The van der Waals surface area contributed by atoms with E-state index in [0.717, 1.165) is 0 Å². The van der Waals surface area contributed by atoms with Gasteiger partial charge in [-0.05, 0) is 48.9 Å². The van der Waals surface area contributed by atoms with Crippen LogP contribution in [0.3, 0.4) is 0 Å². The molecule has 0 bridgehead atoms. The van der Waals surface area contributed by atoms with Crippen LogP contribution >= 0.6 is 11.6 Å². The van der Waals surface area contributed by atoms with Gasteiger partial charge in [0.2, 0.25) is 5.91 Å². The molecule has 0 aliphatic heterocycles. The van der Waals surface area contributed by atoms with E-state index in [1.165, 1.54) is 47.3 Å². The number of hydrazone groups is 1. The van der Waals surface area contributed by atoms with E-state index in [2.05, 4.69) is 15.6 Å². The van der Waals surface area contributed by atoms with Gasteiger partial charge in [-0.3, -0.25) is 4.79 Å². The lowest BCUT2D eigenvalue weighted by Crippen LogP contribution is -2.19. The van der Waals surface area contributed by atoms with Gasteiger partial charge in [-0.25, -0.2) is 18.9 Å². The molecule has 0 unspecified atom stereocenters. The zero-order chi connectivity index (χ0) is 19.4. The molecule has 1 aromatic heterocycles. The summed E-state index contributed by atoms with van der Waals surface area (Å²) in [6.07, 6.45) is 1.46. The van der Waals surface area contributed by atoms with Crippen LogP contribution in [0, 0.1) is 18.6 Å². The van der Waals surface area contributed by atoms with Crippen molar-refractivity contribution in [2.24, 2.45) is 5.10 Å². The molecule has 27 heavy (non-hydrogen) atoms. The molecule has 0 saturated heterocycles. The van der Waals surface area contributed by atoms with Crippen molar-refractivity contribution in [2.75, 3.05) is 0 Å². The third-order valence-electron chi connectivity index (χ3n) is 3.78. The summed E-state index contributed by atoms with van der Waals surface area (Å²) < 4.78 is 27.4. The molecule has 2 aromatic carbocycles. The molecular weight excluding hydrogens is 374 g/mol. The Bertz CT molecular complexity index is 982. The van der Waals surface area contributed by atoms with Crippen LogP contribution in [0.4, 0.5) is 8.78 Å². The molecule has 0 aliphatic rings. The highest BCUT2D eigenvalue weighted by Gasteiger charge is 2.13. The van der Waals surface area contributed by atoms with Crippen molar-refractivity contribution in [1.29, 1.82) is 0 Å². The van der Waals surface area contributed by atoms with Crippen LogP contribution in [0.1, 0.15) is 16.8 Å². The molecule has 0 atom stereocenters. The van der Waals surface area contributed by atoms with Crippen LogP contribution in [0.15, 0.2) is 53.6 Å². The summed E-state index contributed by atoms with van der Waals surface area (Å²) in [5.41, 5.74) is 4.80. The number of rotatable bonds is 5. The molecule has 0 radical (unpaired) electrons. The van der Waals surface area contributed by atoms with Crippen molar-refractivity contribution in [3.63, 3.8) is 0 Å². The maximum Gasteiger partial charge on any atom is 0.244 e. The van der Waals surface area contributed by atoms with E-state index in [-0.39, 0.29) is 29.1 Å². The van der Waals surface area contributed by atoms with Gasteiger partial charge >= 0.3 is 0 Å². The maximum absolute atomic E-state index is 13.1. The highest BCUT2D eigenvalue weighted by atomic mass is 35.5. The SMILES string of the molecule is Cc1nn(-c2ccc(F)cc2)c(Cl)c1/C=N/NC(=O)Cc1ccc(F)cc1. The van der Waals surface area contributed by atoms with Gasteiger partial charge in [-0.1, -0.05) is 23.7 Å². The first-order chi connectivity index (χ1) is 12.9. The largest absolute Gasteiger partial charge is 0.273 e. The predicted molar refractivity (Wildman–Crippen MR) is 99.1 cm³/mol. The van der Waals surface area contributed by atoms with E-state index in [0.29, 0.717) is 22.5 Å². The third-order valence-corrected chi connectivity index (χ3v) is 4.14. The molecule has 0 saturated carbocycles. The van der Waals surface area contributed by atoms with Crippen molar-refractivity contribution < 1.29 is 13.6 Å². The molecule has 3 rings (SSSR count). The fourth-order valence-electron chi connectivity index (χ4n) is 2.41. The molecular formula is C19H15ClF2N4O. The zero-order valence-electron chi connectivity index (χ0n) is 14.3. The van der Waals surface area contributed by atoms with Gasteiger partial charge < -0.3 is 0 Å². The Hall–Kier alpha value is -3.06. The molecule has 1 amide bonds. The third kappa shape index (κ3) is 4.57. The standard InChI is InChI=1S/C19H15ClF2N4O/c1-12-17(19(20)26(25-12)16-8-6-15(22)7-9-16)11-23-24-18(27)10-13-2-4-14(21)5-3-13/h2-9,11H,10H2,1H3,(H,24,27)/b23-11+. The molecule has 0 aliphatic carbocycles. The highest BCUT2D eigenvalue weighted by molar-refractivity contribution is 6.32. The van der Waals surface area contributed by atoms with Gasteiger partial charge in [-0.2, -0.15) is 10.2 Å². The Balaban J connectivity index is 1.69. The summed E-state index contributed by atoms with van der Waals surface area (Å²) in [5, 5.41) is 8.50. The van der Waals surface area contributed by atoms with E-state index in [4.69, 9.17) is 11.6 Å². The second-order valence-electron chi connectivity index (χ2n) is 5.77. The molecule has 1 heterocycles. The van der Waals surface area contributed by atoms with Gasteiger partial charge in [0.1, 0.15) is 16.8 Å². The first-order valence-corrected chi connectivity index (χ1v) is 8.39. The molecule has 8 heteroatoms. The number of nitrogens with one attached hydrogen (secondary N) is 1. The average Bonchev–Trinajstić information content (AvgIpc) is 2.92. The summed E-state index contributed by atoms with van der Waals surface area (Å²) in [5.74, 6) is -1.07. The van der Waals surface area contributed by atoms with E-state index in [1.807, 2.05) is 0 Å².